The zero-order valence-electron chi connectivity index (χ0n) is 16.2. The number of ether oxygens (including phenoxy) is 1. The lowest BCUT2D eigenvalue weighted by Crippen LogP contribution is -2.41. The van der Waals surface area contributed by atoms with Gasteiger partial charge in [0.15, 0.2) is 0 Å². The third-order valence-electron chi connectivity index (χ3n) is 6.44. The fraction of sp³-hybridized carbons (Fsp3) is 0.591. The number of hydrogen-bond donors (Lipinski definition) is 1. The van der Waals surface area contributed by atoms with Crippen LogP contribution in [-0.2, 0) is 5.41 Å². The van der Waals surface area contributed by atoms with Crippen LogP contribution in [0.5, 0.6) is 5.75 Å². The lowest BCUT2D eigenvalue weighted by atomic mass is 9.65. The van der Waals surface area contributed by atoms with E-state index >= 15 is 0 Å². The molecule has 4 nitrogen and oxygen atoms in total. The van der Waals surface area contributed by atoms with Crippen LogP contribution in [0.4, 0.5) is 5.69 Å². The summed E-state index contributed by atoms with van der Waals surface area (Å²) in [5, 5.41) is 3.53. The molecule has 4 heteroatoms. The highest BCUT2D eigenvalue weighted by molar-refractivity contribution is 6.10. The Hall–Kier alpha value is -1.99. The van der Waals surface area contributed by atoms with E-state index in [0.29, 0.717) is 6.04 Å². The number of nitrogens with zero attached hydrogens (tertiary/aromatic N) is 2. The molecule has 0 unspecified atom stereocenters. The standard InChI is InChI=1S/C22H29N3O/c1-16-8-4-5-12-25(16)13-6-9-17-14-19-18(15-20(17)26-3)22(10-7-11-22)21(23-2)24-19/h14-16H,4-5,7-8,10-13H2,1-3H3,(H,23,24)/t16-/m0/s1. The molecule has 0 aromatic heterocycles. The van der Waals surface area contributed by atoms with E-state index in [1.165, 1.54) is 44.1 Å². The number of piperidine rings is 1. The average Bonchev–Trinajstić information content (AvgIpc) is 2.96. The third-order valence-corrected chi connectivity index (χ3v) is 6.44. The molecule has 1 N–H and O–H groups in total. The quantitative estimate of drug-likeness (QED) is 0.824. The van der Waals surface area contributed by atoms with Gasteiger partial charge in [-0.2, -0.15) is 0 Å². The first kappa shape index (κ1) is 17.4. The molecule has 26 heavy (non-hydrogen) atoms. The highest BCUT2D eigenvalue weighted by Crippen LogP contribution is 2.52. The largest absolute Gasteiger partial charge is 0.495 e. The Morgan fingerprint density at radius 1 is 1.31 bits per heavy atom. The van der Waals surface area contributed by atoms with Crippen molar-refractivity contribution in [2.75, 3.05) is 32.6 Å². The van der Waals surface area contributed by atoms with Crippen LogP contribution in [0, 0.1) is 11.8 Å². The molecule has 2 fully saturated rings. The number of rotatable bonds is 2. The number of hydrogen-bond acceptors (Lipinski definition) is 3. The first-order valence-corrected chi connectivity index (χ1v) is 9.87. The van der Waals surface area contributed by atoms with Gasteiger partial charge in [0.25, 0.3) is 0 Å². The summed E-state index contributed by atoms with van der Waals surface area (Å²) in [4.78, 5) is 7.00. The molecule has 1 saturated heterocycles. The summed E-state index contributed by atoms with van der Waals surface area (Å²) in [7, 11) is 3.62. The number of nitrogens with one attached hydrogen (secondary N) is 1. The molecule has 1 spiro atoms. The summed E-state index contributed by atoms with van der Waals surface area (Å²) in [6.07, 6.45) is 7.52. The number of benzene rings is 1. The molecule has 2 aliphatic heterocycles. The number of fused-ring (bicyclic) bond motifs is 2. The Bertz CT molecular complexity index is 783. The number of aliphatic imine (C=N–C) groups is 1. The van der Waals surface area contributed by atoms with Crippen molar-refractivity contribution in [2.24, 2.45) is 4.99 Å². The van der Waals surface area contributed by atoms with E-state index in [2.05, 4.69) is 46.1 Å². The van der Waals surface area contributed by atoms with E-state index in [-0.39, 0.29) is 5.41 Å². The molecule has 0 bridgehead atoms. The van der Waals surface area contributed by atoms with E-state index in [4.69, 9.17) is 4.74 Å². The molecule has 1 aliphatic carbocycles. The van der Waals surface area contributed by atoms with Crippen LogP contribution in [0.25, 0.3) is 0 Å². The van der Waals surface area contributed by atoms with Gasteiger partial charge in [-0.1, -0.05) is 24.7 Å². The van der Waals surface area contributed by atoms with Crippen molar-refractivity contribution in [3.05, 3.63) is 23.3 Å². The van der Waals surface area contributed by atoms with Crippen molar-refractivity contribution in [3.8, 4) is 17.6 Å². The van der Waals surface area contributed by atoms with Gasteiger partial charge in [-0.05, 0) is 56.8 Å². The van der Waals surface area contributed by atoms with Gasteiger partial charge in [-0.3, -0.25) is 9.89 Å². The van der Waals surface area contributed by atoms with E-state index < -0.39 is 0 Å². The second-order valence-corrected chi connectivity index (χ2v) is 7.85. The number of methoxy groups -OCH3 is 1. The lowest BCUT2D eigenvalue weighted by molar-refractivity contribution is 0.182. The lowest BCUT2D eigenvalue weighted by Gasteiger charge is -2.38. The Morgan fingerprint density at radius 3 is 2.81 bits per heavy atom. The molecule has 1 saturated carbocycles. The second-order valence-electron chi connectivity index (χ2n) is 7.85. The van der Waals surface area contributed by atoms with Crippen LogP contribution < -0.4 is 10.1 Å². The number of likely N-dealkylation sites (tertiary alicyclic amines) is 1. The van der Waals surface area contributed by atoms with Crippen molar-refractivity contribution in [1.29, 1.82) is 0 Å². The zero-order chi connectivity index (χ0) is 18.1. The van der Waals surface area contributed by atoms with Gasteiger partial charge < -0.3 is 10.1 Å². The van der Waals surface area contributed by atoms with Gasteiger partial charge >= 0.3 is 0 Å². The molecule has 3 aliphatic rings. The molecule has 4 rings (SSSR count). The SMILES string of the molecule is CN=C1Nc2cc(C#CCN3CCCC[C@@H]3C)c(OC)cc2C12CCC2. The fourth-order valence-corrected chi connectivity index (χ4v) is 4.66. The van der Waals surface area contributed by atoms with Crippen LogP contribution in [0.1, 0.15) is 56.6 Å². The molecular formula is C22H29N3O. The highest BCUT2D eigenvalue weighted by atomic mass is 16.5. The Kier molecular flexibility index (Phi) is 4.67. The van der Waals surface area contributed by atoms with E-state index in [1.807, 2.05) is 7.05 Å². The minimum absolute atomic E-state index is 0.0898. The van der Waals surface area contributed by atoms with E-state index in [0.717, 1.165) is 35.9 Å². The fourth-order valence-electron chi connectivity index (χ4n) is 4.66. The predicted molar refractivity (Wildman–Crippen MR) is 107 cm³/mol. The maximum atomic E-state index is 5.68. The molecule has 1 aromatic carbocycles. The first-order valence-electron chi connectivity index (χ1n) is 9.87. The minimum atomic E-state index is 0.0898. The summed E-state index contributed by atoms with van der Waals surface area (Å²) in [6.45, 7) is 4.31. The zero-order valence-corrected chi connectivity index (χ0v) is 16.2. The van der Waals surface area contributed by atoms with Crippen molar-refractivity contribution in [3.63, 3.8) is 0 Å². The average molecular weight is 351 g/mol. The van der Waals surface area contributed by atoms with Crippen LogP contribution in [0.2, 0.25) is 0 Å². The predicted octanol–water partition coefficient (Wildman–Crippen LogP) is 3.80. The maximum Gasteiger partial charge on any atom is 0.134 e. The van der Waals surface area contributed by atoms with Gasteiger partial charge in [0, 0.05) is 18.8 Å². The summed E-state index contributed by atoms with van der Waals surface area (Å²) in [5.41, 5.74) is 3.54. The van der Waals surface area contributed by atoms with Gasteiger partial charge in [-0.15, -0.1) is 0 Å². The van der Waals surface area contributed by atoms with Gasteiger partial charge in [0.1, 0.15) is 11.6 Å². The monoisotopic (exact) mass is 351 g/mol. The summed E-state index contributed by atoms with van der Waals surface area (Å²) in [5.74, 6) is 8.73. The van der Waals surface area contributed by atoms with Crippen molar-refractivity contribution in [2.45, 2.75) is 56.9 Å². The molecular weight excluding hydrogens is 322 g/mol. The maximum absolute atomic E-state index is 5.68. The van der Waals surface area contributed by atoms with Crippen LogP contribution in [-0.4, -0.2) is 44.0 Å². The molecule has 1 aromatic rings. The normalized spacial score (nSPS) is 25.2. The Morgan fingerprint density at radius 2 is 2.15 bits per heavy atom. The summed E-state index contributed by atoms with van der Waals surface area (Å²) < 4.78 is 5.68. The molecule has 1 atom stereocenters. The number of amidine groups is 1. The van der Waals surface area contributed by atoms with E-state index in [9.17, 15) is 0 Å². The van der Waals surface area contributed by atoms with Crippen LogP contribution in [0.15, 0.2) is 17.1 Å². The molecule has 138 valence electrons. The summed E-state index contributed by atoms with van der Waals surface area (Å²) >= 11 is 0. The Labute approximate surface area is 157 Å². The smallest absolute Gasteiger partial charge is 0.134 e. The highest BCUT2D eigenvalue weighted by Gasteiger charge is 2.49. The molecule has 0 radical (unpaired) electrons. The van der Waals surface area contributed by atoms with Gasteiger partial charge in [-0.25, -0.2) is 0 Å². The Balaban J connectivity index is 1.60. The second kappa shape index (κ2) is 6.96. The third kappa shape index (κ3) is 2.79. The van der Waals surface area contributed by atoms with Gasteiger partial charge in [0.2, 0.25) is 0 Å². The van der Waals surface area contributed by atoms with Crippen LogP contribution >= 0.6 is 0 Å². The first-order chi connectivity index (χ1) is 12.7. The van der Waals surface area contributed by atoms with Crippen molar-refractivity contribution < 1.29 is 4.74 Å². The van der Waals surface area contributed by atoms with E-state index in [1.54, 1.807) is 7.11 Å². The molecule has 2 heterocycles. The topological polar surface area (TPSA) is 36.9 Å². The number of anilines is 1. The van der Waals surface area contributed by atoms with Gasteiger partial charge in [0.05, 0.1) is 24.6 Å². The van der Waals surface area contributed by atoms with Crippen molar-refractivity contribution in [1.82, 2.24) is 4.90 Å². The van der Waals surface area contributed by atoms with Crippen LogP contribution in [0.3, 0.4) is 0 Å². The molecule has 0 amide bonds. The van der Waals surface area contributed by atoms with Crippen molar-refractivity contribution >= 4 is 11.5 Å². The summed E-state index contributed by atoms with van der Waals surface area (Å²) in [6, 6.07) is 4.98. The minimum Gasteiger partial charge on any atom is -0.495 e.